The fourth-order valence-corrected chi connectivity index (χ4v) is 3.09. The molecule has 0 aromatic carbocycles. The molecule has 2 N–H and O–H groups in total. The molecule has 8 heteroatoms. The molecule has 1 saturated heterocycles. The molecular formula is C19H26N6O2. The average molecular weight is 370 g/mol. The number of carbonyl (C=O) groups excluding carboxylic acids is 1. The van der Waals surface area contributed by atoms with Crippen LogP contribution in [0, 0.1) is 6.92 Å². The molecule has 1 fully saturated rings. The highest BCUT2D eigenvalue weighted by atomic mass is 16.5. The zero-order chi connectivity index (χ0) is 19.1. The van der Waals surface area contributed by atoms with Crippen LogP contribution in [-0.4, -0.2) is 54.1 Å². The largest absolute Gasteiger partial charge is 0.480 e. The SMILES string of the molecule is COc1ncccc1C(=O)NCCNc1nc(C)cc(N2CCCCC2)n1. The molecule has 0 saturated carbocycles. The Morgan fingerprint density at radius 2 is 2.04 bits per heavy atom. The molecule has 0 unspecified atom stereocenters. The average Bonchev–Trinajstić information content (AvgIpc) is 2.71. The number of pyridine rings is 1. The lowest BCUT2D eigenvalue weighted by molar-refractivity contribution is 0.0951. The number of nitrogens with one attached hydrogen (secondary N) is 2. The Labute approximate surface area is 159 Å². The van der Waals surface area contributed by atoms with Crippen molar-refractivity contribution in [2.45, 2.75) is 26.2 Å². The minimum Gasteiger partial charge on any atom is -0.480 e. The van der Waals surface area contributed by atoms with Gasteiger partial charge in [0.15, 0.2) is 0 Å². The van der Waals surface area contributed by atoms with Crippen LogP contribution >= 0.6 is 0 Å². The van der Waals surface area contributed by atoms with E-state index < -0.39 is 0 Å². The number of anilines is 2. The zero-order valence-electron chi connectivity index (χ0n) is 15.9. The molecule has 8 nitrogen and oxygen atoms in total. The molecule has 3 rings (SSSR count). The maximum Gasteiger partial charge on any atom is 0.256 e. The monoisotopic (exact) mass is 370 g/mol. The Balaban J connectivity index is 1.53. The van der Waals surface area contributed by atoms with Gasteiger partial charge in [-0.1, -0.05) is 0 Å². The third-order valence-corrected chi connectivity index (χ3v) is 4.42. The van der Waals surface area contributed by atoms with E-state index in [2.05, 4.69) is 30.5 Å². The van der Waals surface area contributed by atoms with Gasteiger partial charge in [0.1, 0.15) is 11.4 Å². The third-order valence-electron chi connectivity index (χ3n) is 4.42. The number of piperidine rings is 1. The first-order valence-corrected chi connectivity index (χ1v) is 9.29. The maximum atomic E-state index is 12.3. The first-order chi connectivity index (χ1) is 13.2. The number of rotatable bonds is 7. The van der Waals surface area contributed by atoms with Gasteiger partial charge in [0, 0.05) is 44.1 Å². The Morgan fingerprint density at radius 3 is 2.81 bits per heavy atom. The van der Waals surface area contributed by atoms with Gasteiger partial charge in [0.05, 0.1) is 7.11 Å². The number of ether oxygens (including phenoxy) is 1. The number of amides is 1. The predicted molar refractivity (Wildman–Crippen MR) is 104 cm³/mol. The van der Waals surface area contributed by atoms with Gasteiger partial charge in [-0.25, -0.2) is 9.97 Å². The molecule has 2 aromatic rings. The van der Waals surface area contributed by atoms with Crippen molar-refractivity contribution < 1.29 is 9.53 Å². The molecule has 2 aromatic heterocycles. The minimum absolute atomic E-state index is 0.221. The van der Waals surface area contributed by atoms with Crippen LogP contribution in [0.1, 0.15) is 35.3 Å². The van der Waals surface area contributed by atoms with Gasteiger partial charge in [-0.15, -0.1) is 0 Å². The molecule has 0 aliphatic carbocycles. The van der Waals surface area contributed by atoms with Gasteiger partial charge < -0.3 is 20.3 Å². The van der Waals surface area contributed by atoms with Crippen LogP contribution in [0.2, 0.25) is 0 Å². The summed E-state index contributed by atoms with van der Waals surface area (Å²) in [5.41, 5.74) is 1.34. The maximum absolute atomic E-state index is 12.3. The van der Waals surface area contributed by atoms with Crippen molar-refractivity contribution in [2.75, 3.05) is 43.5 Å². The van der Waals surface area contributed by atoms with Crippen molar-refractivity contribution in [3.05, 3.63) is 35.7 Å². The van der Waals surface area contributed by atoms with Gasteiger partial charge in [0.2, 0.25) is 11.8 Å². The molecule has 0 atom stereocenters. The lowest BCUT2D eigenvalue weighted by atomic mass is 10.1. The van der Waals surface area contributed by atoms with Crippen molar-refractivity contribution in [1.29, 1.82) is 0 Å². The summed E-state index contributed by atoms with van der Waals surface area (Å²) in [6.07, 6.45) is 5.28. The van der Waals surface area contributed by atoms with E-state index in [0.29, 0.717) is 30.5 Å². The van der Waals surface area contributed by atoms with Crippen LogP contribution < -0.4 is 20.3 Å². The summed E-state index contributed by atoms with van der Waals surface area (Å²) in [7, 11) is 1.50. The van der Waals surface area contributed by atoms with Gasteiger partial charge in [0.25, 0.3) is 5.91 Å². The Kier molecular flexibility index (Phi) is 6.40. The van der Waals surface area contributed by atoms with Crippen molar-refractivity contribution in [1.82, 2.24) is 20.3 Å². The molecule has 144 valence electrons. The zero-order valence-corrected chi connectivity index (χ0v) is 15.9. The first kappa shape index (κ1) is 18.9. The number of carbonyl (C=O) groups is 1. The van der Waals surface area contributed by atoms with Gasteiger partial charge in [-0.05, 0) is 38.3 Å². The van der Waals surface area contributed by atoms with E-state index in [4.69, 9.17) is 4.74 Å². The molecule has 0 spiro atoms. The van der Waals surface area contributed by atoms with Crippen LogP contribution in [0.3, 0.4) is 0 Å². The van der Waals surface area contributed by atoms with E-state index >= 15 is 0 Å². The molecule has 3 heterocycles. The van der Waals surface area contributed by atoms with Crippen LogP contribution in [0.15, 0.2) is 24.4 Å². The summed E-state index contributed by atoms with van der Waals surface area (Å²) in [5, 5.41) is 6.04. The second-order valence-electron chi connectivity index (χ2n) is 6.48. The van der Waals surface area contributed by atoms with Crippen molar-refractivity contribution in [2.24, 2.45) is 0 Å². The molecule has 1 aliphatic heterocycles. The number of nitrogens with zero attached hydrogens (tertiary/aromatic N) is 4. The fraction of sp³-hybridized carbons (Fsp3) is 0.474. The van der Waals surface area contributed by atoms with Gasteiger partial charge in [-0.3, -0.25) is 4.79 Å². The van der Waals surface area contributed by atoms with Crippen molar-refractivity contribution in [3.8, 4) is 5.88 Å². The number of methoxy groups -OCH3 is 1. The summed E-state index contributed by atoms with van der Waals surface area (Å²) in [6.45, 7) is 5.01. The van der Waals surface area contributed by atoms with Crippen molar-refractivity contribution in [3.63, 3.8) is 0 Å². The highest BCUT2D eigenvalue weighted by molar-refractivity contribution is 5.96. The fourth-order valence-electron chi connectivity index (χ4n) is 3.09. The lowest BCUT2D eigenvalue weighted by Crippen LogP contribution is -2.31. The lowest BCUT2D eigenvalue weighted by Gasteiger charge is -2.28. The van der Waals surface area contributed by atoms with E-state index in [0.717, 1.165) is 24.6 Å². The van der Waals surface area contributed by atoms with Crippen LogP contribution in [0.5, 0.6) is 5.88 Å². The van der Waals surface area contributed by atoms with E-state index in [1.165, 1.54) is 26.4 Å². The molecule has 0 bridgehead atoms. The molecular weight excluding hydrogens is 344 g/mol. The molecule has 1 aliphatic rings. The summed E-state index contributed by atoms with van der Waals surface area (Å²) in [5.74, 6) is 1.65. The predicted octanol–water partition coefficient (Wildman–Crippen LogP) is 2.02. The van der Waals surface area contributed by atoms with E-state index in [9.17, 15) is 4.79 Å². The normalized spacial score (nSPS) is 13.9. The van der Waals surface area contributed by atoms with Crippen LogP contribution in [0.4, 0.5) is 11.8 Å². The quantitative estimate of drug-likeness (QED) is 0.720. The van der Waals surface area contributed by atoms with E-state index in [1.807, 2.05) is 13.0 Å². The Bertz CT molecular complexity index is 777. The summed E-state index contributed by atoms with van der Waals surface area (Å²) >= 11 is 0. The Hall–Kier alpha value is -2.90. The standard InChI is InChI=1S/C19H26N6O2/c1-14-13-16(25-11-4-3-5-12-25)24-19(23-14)22-10-9-20-17(26)15-7-6-8-21-18(15)27-2/h6-8,13H,3-5,9-12H2,1-2H3,(H,20,26)(H,22,23,24). The summed E-state index contributed by atoms with van der Waals surface area (Å²) in [4.78, 5) is 27.7. The highest BCUT2D eigenvalue weighted by Gasteiger charge is 2.14. The van der Waals surface area contributed by atoms with Gasteiger partial charge in [-0.2, -0.15) is 4.98 Å². The third kappa shape index (κ3) is 5.06. The van der Waals surface area contributed by atoms with E-state index in [-0.39, 0.29) is 5.91 Å². The number of hydrogen-bond donors (Lipinski definition) is 2. The molecule has 0 radical (unpaired) electrons. The summed E-state index contributed by atoms with van der Waals surface area (Å²) < 4.78 is 5.11. The topological polar surface area (TPSA) is 92.3 Å². The second-order valence-corrected chi connectivity index (χ2v) is 6.48. The highest BCUT2D eigenvalue weighted by Crippen LogP contribution is 2.19. The Morgan fingerprint density at radius 1 is 1.22 bits per heavy atom. The molecule has 1 amide bonds. The van der Waals surface area contributed by atoms with Gasteiger partial charge >= 0.3 is 0 Å². The number of aromatic nitrogens is 3. The number of aryl methyl sites for hydroxylation is 1. The second kappa shape index (κ2) is 9.16. The van der Waals surface area contributed by atoms with E-state index in [1.54, 1.807) is 18.3 Å². The summed E-state index contributed by atoms with van der Waals surface area (Å²) in [6, 6.07) is 5.41. The van der Waals surface area contributed by atoms with Crippen LogP contribution in [0.25, 0.3) is 0 Å². The van der Waals surface area contributed by atoms with Crippen molar-refractivity contribution >= 4 is 17.7 Å². The van der Waals surface area contributed by atoms with Crippen LogP contribution in [-0.2, 0) is 0 Å². The first-order valence-electron chi connectivity index (χ1n) is 9.29. The molecule has 27 heavy (non-hydrogen) atoms. The smallest absolute Gasteiger partial charge is 0.256 e. The number of hydrogen-bond acceptors (Lipinski definition) is 7. The minimum atomic E-state index is -0.221.